The number of hydrogen-bond acceptors (Lipinski definition) is 10. The molecule has 2 aliphatic rings. The van der Waals surface area contributed by atoms with E-state index in [0.717, 1.165) is 28.7 Å². The molecule has 6 rings (SSSR count). The van der Waals surface area contributed by atoms with Crippen LogP contribution in [0.25, 0.3) is 10.9 Å². The number of aliphatic imine (C=N–C) groups is 1. The van der Waals surface area contributed by atoms with Gasteiger partial charge in [0.25, 0.3) is 11.6 Å². The SMILES string of the molecule is NC(=O)[C@@H]1CSc2ccc([N+](=O)[O-])cc2C(=O)N2CCC[C@H]2C(=O)N[C@H](Cc2ccccc2)C(=O)N[C@@H](CCCN=C(N)N)C(=O)N[C@@H](Cc2c[nH]c3ccccc23)C(=O)N1. The standard InChI is InChI=1S/C41H47N11O8S/c42-35(53)32-22-61-34-15-14-25(52(59)60)20-27(34)40(58)51-17-7-13-33(51)39(57)49-30(18-23-8-2-1-3-9-23)37(55)47-29(12-6-16-45-41(43)44)36(54)48-31(38(56)50-32)19-24-21-46-28-11-5-4-10-26(24)28/h1-5,8-11,14-15,20-21,29-33,46H,6-7,12-13,16-19,22H2,(H2,42,53)(H,47,55)(H,48,54)(H,49,57)(H,50,56)(H4,43,44,45)/t29-,30+,31-,32-,33-/m0/s1. The maximum Gasteiger partial charge on any atom is 0.270 e. The predicted octanol–water partition coefficient (Wildman–Crippen LogP) is 0.750. The normalized spacial score (nSPS) is 21.7. The molecule has 11 N–H and O–H groups in total. The van der Waals surface area contributed by atoms with Gasteiger partial charge < -0.3 is 48.4 Å². The van der Waals surface area contributed by atoms with Gasteiger partial charge in [0.2, 0.25) is 29.5 Å². The van der Waals surface area contributed by atoms with Crippen LogP contribution in [-0.2, 0) is 36.8 Å². The fraction of sp³-hybridized carbons (Fsp3) is 0.341. The summed E-state index contributed by atoms with van der Waals surface area (Å²) in [5, 5.41) is 23.7. The van der Waals surface area contributed by atoms with Gasteiger partial charge in [-0.25, -0.2) is 0 Å². The predicted molar refractivity (Wildman–Crippen MR) is 227 cm³/mol. The van der Waals surface area contributed by atoms with Crippen molar-refractivity contribution in [3.8, 4) is 0 Å². The molecule has 19 nitrogen and oxygen atoms in total. The molecule has 0 aliphatic carbocycles. The number of benzene rings is 3. The topological polar surface area (TPSA) is 303 Å². The molecular formula is C41H47N11O8S. The van der Waals surface area contributed by atoms with Crippen LogP contribution < -0.4 is 38.5 Å². The van der Waals surface area contributed by atoms with Crippen molar-refractivity contribution in [2.24, 2.45) is 22.2 Å². The van der Waals surface area contributed by atoms with Crippen molar-refractivity contribution >= 4 is 69.8 Å². The van der Waals surface area contributed by atoms with Crippen molar-refractivity contribution in [3.63, 3.8) is 0 Å². The lowest BCUT2D eigenvalue weighted by atomic mass is 10.0. The largest absolute Gasteiger partial charge is 0.370 e. The summed E-state index contributed by atoms with van der Waals surface area (Å²) in [5.41, 5.74) is 18.5. The molecule has 0 saturated carbocycles. The Morgan fingerprint density at radius 2 is 1.51 bits per heavy atom. The van der Waals surface area contributed by atoms with Gasteiger partial charge >= 0.3 is 0 Å². The zero-order valence-corrected chi connectivity index (χ0v) is 33.8. The Morgan fingerprint density at radius 3 is 2.25 bits per heavy atom. The first-order valence-corrected chi connectivity index (χ1v) is 20.6. The molecule has 6 amide bonds. The van der Waals surface area contributed by atoms with Crippen LogP contribution in [0.5, 0.6) is 0 Å². The smallest absolute Gasteiger partial charge is 0.270 e. The highest BCUT2D eigenvalue weighted by atomic mass is 32.2. The van der Waals surface area contributed by atoms with Crippen LogP contribution >= 0.6 is 11.8 Å². The quantitative estimate of drug-likeness (QED) is 0.0362. The number of fused-ring (bicyclic) bond motifs is 3. The Labute approximate surface area is 354 Å². The highest BCUT2D eigenvalue weighted by Gasteiger charge is 2.39. The number of rotatable bonds is 10. The average Bonchev–Trinajstić information content (AvgIpc) is 3.90. The number of nitro benzene ring substituents is 1. The zero-order chi connectivity index (χ0) is 43.6. The van der Waals surface area contributed by atoms with E-state index in [0.29, 0.717) is 17.5 Å². The summed E-state index contributed by atoms with van der Waals surface area (Å²) in [4.78, 5) is 104. The number of para-hydroxylation sites is 1. The number of H-pyrrole nitrogens is 1. The van der Waals surface area contributed by atoms with E-state index in [2.05, 4.69) is 31.2 Å². The molecule has 3 heterocycles. The van der Waals surface area contributed by atoms with E-state index in [-0.39, 0.29) is 73.1 Å². The molecule has 4 aromatic rings. The fourth-order valence-electron chi connectivity index (χ4n) is 7.38. The number of aromatic nitrogens is 1. The summed E-state index contributed by atoms with van der Waals surface area (Å²) in [7, 11) is 0. The van der Waals surface area contributed by atoms with Gasteiger partial charge in [-0.05, 0) is 48.9 Å². The maximum absolute atomic E-state index is 14.3. The number of nitro groups is 1. The van der Waals surface area contributed by atoms with Gasteiger partial charge in [-0.3, -0.25) is 43.9 Å². The molecule has 1 aromatic heterocycles. The van der Waals surface area contributed by atoms with E-state index >= 15 is 0 Å². The van der Waals surface area contributed by atoms with E-state index in [9.17, 15) is 38.9 Å². The molecule has 2 aliphatic heterocycles. The van der Waals surface area contributed by atoms with Crippen LogP contribution in [0.15, 0.2) is 88.9 Å². The van der Waals surface area contributed by atoms with E-state index < -0.39 is 70.6 Å². The molecule has 0 radical (unpaired) electrons. The van der Waals surface area contributed by atoms with Crippen LogP contribution in [-0.4, -0.2) is 105 Å². The van der Waals surface area contributed by atoms with Crippen molar-refractivity contribution < 1.29 is 33.7 Å². The number of hydrogen-bond donors (Lipinski definition) is 8. The summed E-state index contributed by atoms with van der Waals surface area (Å²) in [5.74, 6) is -4.87. The Morgan fingerprint density at radius 1 is 0.836 bits per heavy atom. The molecular weight excluding hydrogens is 807 g/mol. The molecule has 3 aromatic carbocycles. The number of nitrogens with two attached hydrogens (primary N) is 3. The third kappa shape index (κ3) is 11.0. The van der Waals surface area contributed by atoms with Gasteiger partial charge in [0.1, 0.15) is 30.2 Å². The zero-order valence-electron chi connectivity index (χ0n) is 33.0. The highest BCUT2D eigenvalue weighted by molar-refractivity contribution is 7.99. The summed E-state index contributed by atoms with van der Waals surface area (Å²) in [6.07, 6.45) is 2.54. The summed E-state index contributed by atoms with van der Waals surface area (Å²) >= 11 is 0.954. The molecule has 0 spiro atoms. The molecule has 1 saturated heterocycles. The van der Waals surface area contributed by atoms with Crippen LogP contribution in [0.1, 0.15) is 47.2 Å². The summed E-state index contributed by atoms with van der Waals surface area (Å²) in [6, 6.07) is 13.6. The van der Waals surface area contributed by atoms with Crippen LogP contribution in [0.3, 0.4) is 0 Å². The second-order valence-corrected chi connectivity index (χ2v) is 15.8. The van der Waals surface area contributed by atoms with Crippen molar-refractivity contribution in [1.82, 2.24) is 31.2 Å². The Bertz CT molecular complexity index is 2330. The first kappa shape index (κ1) is 43.6. The lowest BCUT2D eigenvalue weighted by molar-refractivity contribution is -0.384. The van der Waals surface area contributed by atoms with E-state index in [1.807, 2.05) is 24.3 Å². The molecule has 320 valence electrons. The molecule has 0 unspecified atom stereocenters. The number of nitrogens with one attached hydrogen (secondary N) is 5. The average molecular weight is 854 g/mol. The van der Waals surface area contributed by atoms with Gasteiger partial charge in [0.15, 0.2) is 5.96 Å². The second kappa shape index (κ2) is 19.9. The van der Waals surface area contributed by atoms with Crippen LogP contribution in [0.2, 0.25) is 0 Å². The van der Waals surface area contributed by atoms with E-state index in [1.165, 1.54) is 17.0 Å². The Balaban J connectivity index is 1.42. The van der Waals surface area contributed by atoms with Crippen molar-refractivity contribution in [3.05, 3.63) is 106 Å². The maximum atomic E-state index is 14.3. The molecule has 20 heteroatoms. The van der Waals surface area contributed by atoms with Crippen molar-refractivity contribution in [1.29, 1.82) is 0 Å². The second-order valence-electron chi connectivity index (χ2n) is 14.8. The number of primary amides is 1. The number of amides is 6. The number of nitrogens with zero attached hydrogens (tertiary/aromatic N) is 3. The first-order valence-electron chi connectivity index (χ1n) is 19.7. The van der Waals surface area contributed by atoms with Gasteiger partial charge in [-0.2, -0.15) is 0 Å². The van der Waals surface area contributed by atoms with Crippen molar-refractivity contribution in [2.75, 3.05) is 18.8 Å². The van der Waals surface area contributed by atoms with Gasteiger partial charge in [0, 0.05) is 65.8 Å². The number of aromatic amines is 1. The van der Waals surface area contributed by atoms with E-state index in [1.54, 1.807) is 36.5 Å². The lowest BCUT2D eigenvalue weighted by Crippen LogP contribution is -2.59. The fourth-order valence-corrected chi connectivity index (χ4v) is 8.44. The number of carbonyl (C=O) groups excluding carboxylic acids is 6. The van der Waals surface area contributed by atoms with Crippen LogP contribution in [0.4, 0.5) is 5.69 Å². The first-order chi connectivity index (χ1) is 29.3. The number of non-ortho nitro benzene ring substituents is 1. The summed E-state index contributed by atoms with van der Waals surface area (Å²) < 4.78 is 0. The number of carbonyl (C=O) groups is 6. The molecule has 61 heavy (non-hydrogen) atoms. The van der Waals surface area contributed by atoms with Gasteiger partial charge in [-0.15, -0.1) is 11.8 Å². The Kier molecular flexibility index (Phi) is 14.2. The number of guanidine groups is 1. The minimum absolute atomic E-state index is 0.00713. The minimum Gasteiger partial charge on any atom is -0.370 e. The Hall–Kier alpha value is -6.96. The van der Waals surface area contributed by atoms with Gasteiger partial charge in [-0.1, -0.05) is 48.5 Å². The molecule has 5 atom stereocenters. The van der Waals surface area contributed by atoms with Crippen LogP contribution in [0, 0.1) is 10.1 Å². The summed E-state index contributed by atoms with van der Waals surface area (Å²) in [6.45, 7) is 0.246. The van der Waals surface area contributed by atoms with E-state index in [4.69, 9.17) is 17.2 Å². The minimum atomic E-state index is -1.35. The van der Waals surface area contributed by atoms with Gasteiger partial charge in [0.05, 0.1) is 10.5 Å². The van der Waals surface area contributed by atoms with Crippen molar-refractivity contribution in [2.45, 2.75) is 73.6 Å². The third-order valence-corrected chi connectivity index (χ3v) is 11.7. The lowest BCUT2D eigenvalue weighted by Gasteiger charge is -2.28. The third-order valence-electron chi connectivity index (χ3n) is 10.5. The molecule has 1 fully saturated rings. The number of thioether (sulfide) groups is 1. The highest BCUT2D eigenvalue weighted by Crippen LogP contribution is 2.31. The monoisotopic (exact) mass is 853 g/mol. The molecule has 0 bridgehead atoms.